The van der Waals surface area contributed by atoms with E-state index in [1.807, 2.05) is 0 Å². The van der Waals surface area contributed by atoms with Gasteiger partial charge >= 0.3 is 0 Å². The minimum atomic E-state index is 0.608. The molecule has 0 aromatic carbocycles. The third kappa shape index (κ3) is 4.99. The largest absolute Gasteiger partial charge is 0.304 e. The van der Waals surface area contributed by atoms with Gasteiger partial charge in [0, 0.05) is 17.5 Å². The molecule has 0 rings (SSSR count). The van der Waals surface area contributed by atoms with E-state index in [4.69, 9.17) is 5.53 Å². The summed E-state index contributed by atoms with van der Waals surface area (Å²) in [7, 11) is 2.10. The van der Waals surface area contributed by atoms with Gasteiger partial charge in [-0.15, -0.1) is 0 Å². The van der Waals surface area contributed by atoms with Crippen molar-refractivity contribution in [1.82, 2.24) is 4.90 Å². The maximum Gasteiger partial charge on any atom is 0.0270 e. The monoisotopic (exact) mass is 170 g/mol. The summed E-state index contributed by atoms with van der Waals surface area (Å²) in [6, 6.07) is 0.621. The van der Waals surface area contributed by atoms with Gasteiger partial charge in [-0.1, -0.05) is 12.0 Å². The van der Waals surface area contributed by atoms with Crippen LogP contribution in [0.25, 0.3) is 10.4 Å². The van der Waals surface area contributed by atoms with Crippen LogP contribution < -0.4 is 0 Å². The molecule has 0 saturated carbocycles. The lowest BCUT2D eigenvalue weighted by molar-refractivity contribution is 0.250. The van der Waals surface area contributed by atoms with E-state index >= 15 is 0 Å². The van der Waals surface area contributed by atoms with Crippen molar-refractivity contribution in [1.29, 1.82) is 0 Å². The molecule has 70 valence electrons. The van der Waals surface area contributed by atoms with Crippen molar-refractivity contribution in [2.24, 2.45) is 5.11 Å². The van der Waals surface area contributed by atoms with Crippen molar-refractivity contribution < 1.29 is 0 Å². The van der Waals surface area contributed by atoms with E-state index in [-0.39, 0.29) is 0 Å². The Morgan fingerprint density at radius 2 is 2.25 bits per heavy atom. The Balaban J connectivity index is 3.42. The van der Waals surface area contributed by atoms with Crippen LogP contribution in [0.3, 0.4) is 0 Å². The minimum absolute atomic E-state index is 0.608. The van der Waals surface area contributed by atoms with Crippen molar-refractivity contribution in [3.8, 4) is 0 Å². The first-order valence-corrected chi connectivity index (χ1v) is 4.43. The quantitative estimate of drug-likeness (QED) is 0.261. The number of hydrogen-bond donors (Lipinski definition) is 0. The Kier molecular flexibility index (Phi) is 6.53. The van der Waals surface area contributed by atoms with Crippen LogP contribution in [0.15, 0.2) is 5.11 Å². The van der Waals surface area contributed by atoms with Crippen molar-refractivity contribution in [3.63, 3.8) is 0 Å². The van der Waals surface area contributed by atoms with Crippen molar-refractivity contribution in [2.45, 2.75) is 32.7 Å². The topological polar surface area (TPSA) is 52.0 Å². The molecule has 0 radical (unpaired) electrons. The van der Waals surface area contributed by atoms with Crippen LogP contribution in [0, 0.1) is 0 Å². The molecular formula is C8H18N4. The molecular weight excluding hydrogens is 152 g/mol. The van der Waals surface area contributed by atoms with E-state index in [2.05, 4.69) is 35.8 Å². The van der Waals surface area contributed by atoms with Gasteiger partial charge in [0.05, 0.1) is 0 Å². The zero-order chi connectivity index (χ0) is 9.40. The SMILES string of the molecule is CCC(C)N(C)CCCN=[N+]=[N-]. The number of nitrogens with zero attached hydrogens (tertiary/aromatic N) is 4. The zero-order valence-electron chi connectivity index (χ0n) is 8.19. The summed E-state index contributed by atoms with van der Waals surface area (Å²) in [6.45, 7) is 5.99. The molecule has 0 spiro atoms. The highest BCUT2D eigenvalue weighted by molar-refractivity contribution is 4.61. The Morgan fingerprint density at radius 3 is 2.75 bits per heavy atom. The van der Waals surface area contributed by atoms with Gasteiger partial charge in [-0.05, 0) is 38.9 Å². The maximum atomic E-state index is 8.03. The fourth-order valence-electron chi connectivity index (χ4n) is 0.968. The van der Waals surface area contributed by atoms with Crippen LogP contribution in [0.5, 0.6) is 0 Å². The van der Waals surface area contributed by atoms with Crippen LogP contribution in [0.2, 0.25) is 0 Å². The smallest absolute Gasteiger partial charge is 0.0270 e. The van der Waals surface area contributed by atoms with Crippen LogP contribution in [-0.4, -0.2) is 31.1 Å². The van der Waals surface area contributed by atoms with Crippen molar-refractivity contribution in [2.75, 3.05) is 20.1 Å². The van der Waals surface area contributed by atoms with E-state index in [9.17, 15) is 0 Å². The van der Waals surface area contributed by atoms with Gasteiger partial charge in [-0.3, -0.25) is 0 Å². The first-order chi connectivity index (χ1) is 5.72. The highest BCUT2D eigenvalue weighted by atomic mass is 15.1. The van der Waals surface area contributed by atoms with Gasteiger partial charge in [-0.2, -0.15) is 0 Å². The Bertz CT molecular complexity index is 151. The molecule has 0 amide bonds. The summed E-state index contributed by atoms with van der Waals surface area (Å²) in [6.07, 6.45) is 2.11. The molecule has 0 heterocycles. The predicted octanol–water partition coefficient (Wildman–Crippen LogP) is 2.42. The molecule has 0 aliphatic carbocycles. The average Bonchev–Trinajstić information content (AvgIpc) is 2.10. The first-order valence-electron chi connectivity index (χ1n) is 4.43. The lowest BCUT2D eigenvalue weighted by atomic mass is 10.2. The standard InChI is InChI=1S/C8H18N4/c1-4-8(2)12(3)7-5-6-10-11-9/h8H,4-7H2,1-3H3. The van der Waals surface area contributed by atoms with E-state index in [1.54, 1.807) is 0 Å². The summed E-state index contributed by atoms with van der Waals surface area (Å²) < 4.78 is 0. The summed E-state index contributed by atoms with van der Waals surface area (Å²) in [5.74, 6) is 0. The molecule has 0 aromatic rings. The summed E-state index contributed by atoms with van der Waals surface area (Å²) in [4.78, 5) is 4.99. The normalized spacial score (nSPS) is 12.7. The van der Waals surface area contributed by atoms with E-state index < -0.39 is 0 Å². The maximum absolute atomic E-state index is 8.03. The number of rotatable bonds is 6. The highest BCUT2D eigenvalue weighted by Gasteiger charge is 2.04. The Morgan fingerprint density at radius 1 is 1.58 bits per heavy atom. The van der Waals surface area contributed by atoms with E-state index in [0.717, 1.165) is 19.4 Å². The van der Waals surface area contributed by atoms with Gasteiger partial charge in [0.1, 0.15) is 0 Å². The van der Waals surface area contributed by atoms with Gasteiger partial charge in [0.15, 0.2) is 0 Å². The Labute approximate surface area is 74.2 Å². The fourth-order valence-corrected chi connectivity index (χ4v) is 0.968. The molecule has 0 bridgehead atoms. The van der Waals surface area contributed by atoms with E-state index in [1.165, 1.54) is 0 Å². The lowest BCUT2D eigenvalue weighted by Crippen LogP contribution is -2.29. The third-order valence-corrected chi connectivity index (χ3v) is 2.18. The molecule has 0 saturated heterocycles. The molecule has 0 aliphatic rings. The molecule has 0 fully saturated rings. The second-order valence-corrected chi connectivity index (χ2v) is 3.05. The lowest BCUT2D eigenvalue weighted by Gasteiger charge is -2.22. The third-order valence-electron chi connectivity index (χ3n) is 2.18. The molecule has 0 aliphatic heterocycles. The van der Waals surface area contributed by atoms with Gasteiger partial charge in [-0.25, -0.2) is 0 Å². The van der Waals surface area contributed by atoms with Gasteiger partial charge in [0.25, 0.3) is 0 Å². The van der Waals surface area contributed by atoms with Crippen LogP contribution >= 0.6 is 0 Å². The summed E-state index contributed by atoms with van der Waals surface area (Å²) in [5, 5.41) is 3.48. The summed E-state index contributed by atoms with van der Waals surface area (Å²) >= 11 is 0. The van der Waals surface area contributed by atoms with E-state index in [0.29, 0.717) is 12.6 Å². The molecule has 1 unspecified atom stereocenters. The second kappa shape index (κ2) is 6.95. The zero-order valence-corrected chi connectivity index (χ0v) is 8.19. The molecule has 0 aromatic heterocycles. The van der Waals surface area contributed by atoms with Crippen molar-refractivity contribution >= 4 is 0 Å². The Hall–Kier alpha value is -0.730. The minimum Gasteiger partial charge on any atom is -0.304 e. The number of azide groups is 1. The highest BCUT2D eigenvalue weighted by Crippen LogP contribution is 2.00. The predicted molar refractivity (Wildman–Crippen MR) is 51.0 cm³/mol. The van der Waals surface area contributed by atoms with Gasteiger partial charge in [0.2, 0.25) is 0 Å². The fraction of sp³-hybridized carbons (Fsp3) is 1.00. The van der Waals surface area contributed by atoms with Gasteiger partial charge < -0.3 is 4.90 Å². The first kappa shape index (κ1) is 11.3. The molecule has 1 atom stereocenters. The number of hydrogen-bond acceptors (Lipinski definition) is 2. The molecule has 0 N–H and O–H groups in total. The molecule has 4 nitrogen and oxygen atoms in total. The van der Waals surface area contributed by atoms with Crippen LogP contribution in [0.1, 0.15) is 26.7 Å². The van der Waals surface area contributed by atoms with Crippen molar-refractivity contribution in [3.05, 3.63) is 10.4 Å². The average molecular weight is 170 g/mol. The summed E-state index contributed by atoms with van der Waals surface area (Å²) in [5.41, 5.74) is 8.03. The molecule has 4 heteroatoms. The van der Waals surface area contributed by atoms with Crippen LogP contribution in [0.4, 0.5) is 0 Å². The van der Waals surface area contributed by atoms with Crippen LogP contribution in [-0.2, 0) is 0 Å². The second-order valence-electron chi connectivity index (χ2n) is 3.05. The molecule has 12 heavy (non-hydrogen) atoms.